The van der Waals surface area contributed by atoms with E-state index in [1.807, 2.05) is 0 Å². The Kier molecular flexibility index (Phi) is 9.42. The quantitative estimate of drug-likeness (QED) is 0.476. The monoisotopic (exact) mass is 471 g/mol. The van der Waals surface area contributed by atoms with Crippen LogP contribution < -0.4 is 10.0 Å². The molecule has 8 nitrogen and oxygen atoms in total. The van der Waals surface area contributed by atoms with Crippen LogP contribution in [0.5, 0.6) is 0 Å². The highest BCUT2D eigenvalue weighted by Crippen LogP contribution is 2.23. The van der Waals surface area contributed by atoms with Gasteiger partial charge in [0.2, 0.25) is 15.9 Å². The number of rotatable bonds is 10. The van der Waals surface area contributed by atoms with E-state index < -0.39 is 28.0 Å². The molecule has 3 rings (SSSR count). The van der Waals surface area contributed by atoms with Gasteiger partial charge in [0.1, 0.15) is 5.82 Å². The number of carbonyl (C=O) groups excluding carboxylic acids is 1. The summed E-state index contributed by atoms with van der Waals surface area (Å²) < 4.78 is 46.9. The van der Waals surface area contributed by atoms with E-state index in [9.17, 15) is 22.7 Å². The van der Waals surface area contributed by atoms with Crippen molar-refractivity contribution in [2.24, 2.45) is 0 Å². The minimum atomic E-state index is -3.93. The number of halogens is 1. The third-order valence-corrected chi connectivity index (χ3v) is 7.59. The number of nitrogens with one attached hydrogen (secondary N) is 2. The standard InChI is InChI=1S/C22H34FN3O5S/c23-17-5-4-6-19(15-17)32(29,30)25-20-8-7-18(31-21(20)16-27)9-11-24-22(28)10-14-26-12-2-1-3-13-26/h4-6,15,18,20-21,25,27H,1-3,7-14,16H2,(H,24,28)/t18-,20+,21+/m1/s1. The van der Waals surface area contributed by atoms with Crippen molar-refractivity contribution in [3.05, 3.63) is 30.1 Å². The van der Waals surface area contributed by atoms with Crippen molar-refractivity contribution in [1.82, 2.24) is 14.9 Å². The number of ether oxygens (including phenoxy) is 1. The smallest absolute Gasteiger partial charge is 0.241 e. The maximum Gasteiger partial charge on any atom is 0.241 e. The van der Waals surface area contributed by atoms with Gasteiger partial charge in [0, 0.05) is 19.5 Å². The Morgan fingerprint density at radius 2 is 2.00 bits per heavy atom. The van der Waals surface area contributed by atoms with Crippen molar-refractivity contribution >= 4 is 15.9 Å². The number of carbonyl (C=O) groups is 1. The van der Waals surface area contributed by atoms with Crippen LogP contribution in [-0.4, -0.2) is 75.4 Å². The van der Waals surface area contributed by atoms with Gasteiger partial charge in [0.15, 0.2) is 0 Å². The second-order valence-corrected chi connectivity index (χ2v) is 10.2. The molecule has 180 valence electrons. The molecule has 0 radical (unpaired) electrons. The minimum absolute atomic E-state index is 0.0193. The van der Waals surface area contributed by atoms with Gasteiger partial charge in [-0.05, 0) is 63.4 Å². The van der Waals surface area contributed by atoms with Crippen LogP contribution >= 0.6 is 0 Å². The van der Waals surface area contributed by atoms with E-state index in [0.29, 0.717) is 32.2 Å². The first-order chi connectivity index (χ1) is 15.4. The number of benzene rings is 1. The van der Waals surface area contributed by atoms with E-state index in [4.69, 9.17) is 4.74 Å². The fraction of sp³-hybridized carbons (Fsp3) is 0.682. The summed E-state index contributed by atoms with van der Waals surface area (Å²) in [5, 5.41) is 12.6. The third-order valence-electron chi connectivity index (χ3n) is 6.10. The molecule has 0 aliphatic carbocycles. The Labute approximate surface area is 189 Å². The lowest BCUT2D eigenvalue weighted by Crippen LogP contribution is -2.51. The topological polar surface area (TPSA) is 108 Å². The van der Waals surface area contributed by atoms with Gasteiger partial charge in [0.25, 0.3) is 0 Å². The fourth-order valence-electron chi connectivity index (χ4n) is 4.28. The summed E-state index contributed by atoms with van der Waals surface area (Å²) in [6.07, 6.45) is 4.94. The first kappa shape index (κ1) is 25.0. The lowest BCUT2D eigenvalue weighted by molar-refractivity contribution is -0.122. The molecule has 3 atom stereocenters. The van der Waals surface area contributed by atoms with Crippen molar-refractivity contribution in [3.63, 3.8) is 0 Å². The second-order valence-electron chi connectivity index (χ2n) is 8.53. The number of piperidine rings is 1. The Morgan fingerprint density at radius 3 is 2.72 bits per heavy atom. The molecule has 0 unspecified atom stereocenters. The van der Waals surface area contributed by atoms with Crippen molar-refractivity contribution in [2.75, 3.05) is 32.8 Å². The van der Waals surface area contributed by atoms with Gasteiger partial charge < -0.3 is 20.1 Å². The molecule has 1 aromatic rings. The molecule has 0 bridgehead atoms. The molecule has 1 aromatic carbocycles. The predicted molar refractivity (Wildman–Crippen MR) is 118 cm³/mol. The summed E-state index contributed by atoms with van der Waals surface area (Å²) in [7, 11) is -3.93. The van der Waals surface area contributed by atoms with Gasteiger partial charge >= 0.3 is 0 Å². The Hall–Kier alpha value is -1.59. The van der Waals surface area contributed by atoms with Crippen molar-refractivity contribution in [1.29, 1.82) is 0 Å². The van der Waals surface area contributed by atoms with Gasteiger partial charge in [-0.1, -0.05) is 12.5 Å². The number of aliphatic hydroxyl groups excluding tert-OH is 1. The van der Waals surface area contributed by atoms with E-state index in [1.54, 1.807) is 0 Å². The van der Waals surface area contributed by atoms with E-state index in [1.165, 1.54) is 37.5 Å². The molecule has 0 saturated carbocycles. The molecule has 0 aromatic heterocycles. The zero-order valence-corrected chi connectivity index (χ0v) is 19.2. The van der Waals surface area contributed by atoms with Crippen LogP contribution in [0, 0.1) is 5.82 Å². The van der Waals surface area contributed by atoms with Crippen molar-refractivity contribution in [3.8, 4) is 0 Å². The molecule has 3 N–H and O–H groups in total. The maximum absolute atomic E-state index is 13.4. The Morgan fingerprint density at radius 1 is 1.22 bits per heavy atom. The molecule has 0 spiro atoms. The van der Waals surface area contributed by atoms with E-state index in [-0.39, 0.29) is 23.5 Å². The molecule has 2 fully saturated rings. The van der Waals surface area contributed by atoms with Gasteiger partial charge in [-0.2, -0.15) is 0 Å². The molecule has 32 heavy (non-hydrogen) atoms. The summed E-state index contributed by atoms with van der Waals surface area (Å²) in [6.45, 7) is 3.05. The average Bonchev–Trinajstić information content (AvgIpc) is 2.79. The lowest BCUT2D eigenvalue weighted by Gasteiger charge is -2.36. The molecule has 2 heterocycles. The minimum Gasteiger partial charge on any atom is -0.394 e. The highest BCUT2D eigenvalue weighted by atomic mass is 32.2. The normalized spacial score (nSPS) is 24.9. The van der Waals surface area contributed by atoms with E-state index >= 15 is 0 Å². The highest BCUT2D eigenvalue weighted by molar-refractivity contribution is 7.89. The SMILES string of the molecule is O=C(CCN1CCCCC1)NCC[C@H]1CC[C@H](NS(=O)(=O)c2cccc(F)c2)[C@H](CO)O1. The summed E-state index contributed by atoms with van der Waals surface area (Å²) >= 11 is 0. The Bertz CT molecular complexity index is 848. The summed E-state index contributed by atoms with van der Waals surface area (Å²) in [6, 6.07) is 4.18. The number of amides is 1. The van der Waals surface area contributed by atoms with Crippen LogP contribution in [0.4, 0.5) is 4.39 Å². The summed E-state index contributed by atoms with van der Waals surface area (Å²) in [4.78, 5) is 14.3. The lowest BCUT2D eigenvalue weighted by atomic mass is 9.98. The second kappa shape index (κ2) is 12.0. The first-order valence-electron chi connectivity index (χ1n) is 11.4. The highest BCUT2D eigenvalue weighted by Gasteiger charge is 2.34. The van der Waals surface area contributed by atoms with Gasteiger partial charge in [-0.25, -0.2) is 17.5 Å². The molecular weight excluding hydrogens is 437 g/mol. The summed E-state index contributed by atoms with van der Waals surface area (Å²) in [5.74, 6) is -0.615. The maximum atomic E-state index is 13.4. The molecule has 2 aliphatic heterocycles. The average molecular weight is 472 g/mol. The number of aliphatic hydroxyl groups is 1. The fourth-order valence-corrected chi connectivity index (χ4v) is 5.61. The van der Waals surface area contributed by atoms with Crippen molar-refractivity contribution in [2.45, 2.75) is 68.1 Å². The third kappa shape index (κ3) is 7.48. The number of hydrogen-bond acceptors (Lipinski definition) is 6. The number of sulfonamides is 1. The van der Waals surface area contributed by atoms with Crippen LogP contribution in [0.1, 0.15) is 44.9 Å². The zero-order chi connectivity index (χ0) is 23.0. The van der Waals surface area contributed by atoms with Crippen LogP contribution in [0.3, 0.4) is 0 Å². The Balaban J connectivity index is 1.40. The first-order valence-corrected chi connectivity index (χ1v) is 12.9. The summed E-state index contributed by atoms with van der Waals surface area (Å²) in [5.41, 5.74) is 0. The van der Waals surface area contributed by atoms with Crippen LogP contribution in [-0.2, 0) is 19.6 Å². The van der Waals surface area contributed by atoms with E-state index in [0.717, 1.165) is 25.7 Å². The zero-order valence-electron chi connectivity index (χ0n) is 18.3. The number of hydrogen-bond donors (Lipinski definition) is 3. The van der Waals surface area contributed by atoms with Gasteiger partial charge in [-0.3, -0.25) is 4.79 Å². The van der Waals surface area contributed by atoms with Gasteiger partial charge in [0.05, 0.1) is 29.8 Å². The molecular formula is C22H34FN3O5S. The number of likely N-dealkylation sites (tertiary alicyclic amines) is 1. The molecule has 2 saturated heterocycles. The van der Waals surface area contributed by atoms with Gasteiger partial charge in [-0.15, -0.1) is 0 Å². The number of nitrogens with zero attached hydrogens (tertiary/aromatic N) is 1. The predicted octanol–water partition coefficient (Wildman–Crippen LogP) is 1.39. The van der Waals surface area contributed by atoms with Crippen LogP contribution in [0.15, 0.2) is 29.2 Å². The molecule has 10 heteroatoms. The van der Waals surface area contributed by atoms with E-state index in [2.05, 4.69) is 14.9 Å². The van der Waals surface area contributed by atoms with Crippen LogP contribution in [0.25, 0.3) is 0 Å². The molecule has 1 amide bonds. The van der Waals surface area contributed by atoms with Crippen molar-refractivity contribution < 1.29 is 27.4 Å². The largest absolute Gasteiger partial charge is 0.394 e. The molecule has 2 aliphatic rings. The van der Waals surface area contributed by atoms with Crippen LogP contribution in [0.2, 0.25) is 0 Å².